The molecule has 0 heterocycles. The van der Waals surface area contributed by atoms with Gasteiger partial charge in [-0.15, -0.1) is 0 Å². The molecule has 1 aromatic carbocycles. The molecule has 0 aliphatic carbocycles. The maximum Gasteiger partial charge on any atom is 0.191 e. The molecule has 3 nitrogen and oxygen atoms in total. The quantitative estimate of drug-likeness (QED) is 0.601. The predicted octanol–water partition coefficient (Wildman–Crippen LogP) is 2.07. The van der Waals surface area contributed by atoms with Gasteiger partial charge < -0.3 is 10.6 Å². The molecular weight excluding hydrogens is 198 g/mol. The van der Waals surface area contributed by atoms with E-state index in [1.165, 1.54) is 11.1 Å². The van der Waals surface area contributed by atoms with Crippen LogP contribution in [0, 0.1) is 6.92 Å². The summed E-state index contributed by atoms with van der Waals surface area (Å²) in [6.45, 7) is 8.73. The van der Waals surface area contributed by atoms with E-state index in [2.05, 4.69) is 60.7 Å². The van der Waals surface area contributed by atoms with E-state index < -0.39 is 0 Å². The molecule has 1 aromatic rings. The summed E-state index contributed by atoms with van der Waals surface area (Å²) in [6, 6.07) is 8.44. The third-order valence-corrected chi connectivity index (χ3v) is 2.19. The fourth-order valence-corrected chi connectivity index (χ4v) is 1.49. The Kier molecular flexibility index (Phi) is 5.40. The number of aliphatic imine (C=N–C) groups is 1. The molecule has 2 N–H and O–H groups in total. The van der Waals surface area contributed by atoms with Crippen LogP contribution < -0.4 is 10.6 Å². The van der Waals surface area contributed by atoms with Crippen LogP contribution in [0.15, 0.2) is 29.3 Å². The standard InChI is InChI=1S/C13H21N3/c1-4-14-13(15-5-2)16-10-12-8-6-7-11(3)9-12/h6-9H,4-5,10H2,1-3H3,(H2,14,15,16). The Bertz CT molecular complexity index is 337. The van der Waals surface area contributed by atoms with E-state index in [1.54, 1.807) is 0 Å². The highest BCUT2D eigenvalue weighted by Gasteiger charge is 1.95. The lowest BCUT2D eigenvalue weighted by molar-refractivity contribution is 0.839. The molecule has 0 saturated carbocycles. The Morgan fingerprint density at radius 1 is 1.19 bits per heavy atom. The smallest absolute Gasteiger partial charge is 0.191 e. The fourth-order valence-electron chi connectivity index (χ4n) is 1.49. The zero-order chi connectivity index (χ0) is 11.8. The molecule has 0 bridgehead atoms. The second-order valence-electron chi connectivity index (χ2n) is 3.71. The molecule has 0 unspecified atom stereocenters. The molecule has 0 spiro atoms. The first-order chi connectivity index (χ1) is 7.76. The van der Waals surface area contributed by atoms with Gasteiger partial charge in [0.25, 0.3) is 0 Å². The largest absolute Gasteiger partial charge is 0.357 e. The average Bonchev–Trinajstić information content (AvgIpc) is 2.27. The zero-order valence-electron chi connectivity index (χ0n) is 10.4. The molecule has 0 radical (unpaired) electrons. The Labute approximate surface area is 98.0 Å². The van der Waals surface area contributed by atoms with Gasteiger partial charge in [0, 0.05) is 13.1 Å². The Morgan fingerprint density at radius 2 is 1.88 bits per heavy atom. The molecule has 1 rings (SSSR count). The molecular formula is C13H21N3. The summed E-state index contributed by atoms with van der Waals surface area (Å²) in [6.07, 6.45) is 0. The van der Waals surface area contributed by atoms with Gasteiger partial charge in [0.1, 0.15) is 0 Å². The number of aryl methyl sites for hydroxylation is 1. The molecule has 3 heteroatoms. The van der Waals surface area contributed by atoms with Crippen molar-refractivity contribution in [2.45, 2.75) is 27.3 Å². The van der Waals surface area contributed by atoms with Gasteiger partial charge in [-0.2, -0.15) is 0 Å². The first kappa shape index (κ1) is 12.6. The van der Waals surface area contributed by atoms with Gasteiger partial charge in [0.2, 0.25) is 0 Å². The van der Waals surface area contributed by atoms with Crippen molar-refractivity contribution in [2.24, 2.45) is 4.99 Å². The van der Waals surface area contributed by atoms with E-state index in [0.717, 1.165) is 25.6 Å². The lowest BCUT2D eigenvalue weighted by Crippen LogP contribution is -2.36. The second kappa shape index (κ2) is 6.88. The monoisotopic (exact) mass is 219 g/mol. The first-order valence-corrected chi connectivity index (χ1v) is 5.84. The van der Waals surface area contributed by atoms with Crippen molar-refractivity contribution >= 4 is 5.96 Å². The number of hydrogen-bond donors (Lipinski definition) is 2. The van der Waals surface area contributed by atoms with E-state index in [0.29, 0.717) is 0 Å². The van der Waals surface area contributed by atoms with Crippen LogP contribution in [-0.4, -0.2) is 19.0 Å². The fraction of sp³-hybridized carbons (Fsp3) is 0.462. The second-order valence-corrected chi connectivity index (χ2v) is 3.71. The van der Waals surface area contributed by atoms with Gasteiger partial charge in [-0.1, -0.05) is 29.8 Å². The summed E-state index contributed by atoms with van der Waals surface area (Å²) in [5.41, 5.74) is 2.52. The number of nitrogens with one attached hydrogen (secondary N) is 2. The lowest BCUT2D eigenvalue weighted by Gasteiger charge is -2.09. The number of hydrogen-bond acceptors (Lipinski definition) is 1. The van der Waals surface area contributed by atoms with Crippen molar-refractivity contribution in [1.82, 2.24) is 10.6 Å². The predicted molar refractivity (Wildman–Crippen MR) is 69.7 cm³/mol. The molecule has 0 atom stereocenters. The van der Waals surface area contributed by atoms with E-state index in [9.17, 15) is 0 Å². The van der Waals surface area contributed by atoms with E-state index in [1.807, 2.05) is 0 Å². The number of benzene rings is 1. The van der Waals surface area contributed by atoms with Crippen LogP contribution in [0.3, 0.4) is 0 Å². The molecule has 0 aliphatic heterocycles. The normalized spacial score (nSPS) is 9.69. The molecule has 0 aliphatic rings. The highest BCUT2D eigenvalue weighted by atomic mass is 15.2. The SMILES string of the molecule is CCNC(=NCc1cccc(C)c1)NCC. The third-order valence-electron chi connectivity index (χ3n) is 2.19. The molecule has 0 fully saturated rings. The Hall–Kier alpha value is -1.51. The highest BCUT2D eigenvalue weighted by Crippen LogP contribution is 2.04. The van der Waals surface area contributed by atoms with Crippen LogP contribution >= 0.6 is 0 Å². The minimum absolute atomic E-state index is 0.719. The third kappa shape index (κ3) is 4.34. The molecule has 0 saturated heterocycles. The summed E-state index contributed by atoms with van der Waals surface area (Å²) in [5, 5.41) is 6.41. The zero-order valence-corrected chi connectivity index (χ0v) is 10.4. The van der Waals surface area contributed by atoms with Crippen molar-refractivity contribution in [3.05, 3.63) is 35.4 Å². The lowest BCUT2D eigenvalue weighted by atomic mass is 10.1. The van der Waals surface area contributed by atoms with Crippen LogP contribution in [0.2, 0.25) is 0 Å². The van der Waals surface area contributed by atoms with Crippen LogP contribution in [-0.2, 0) is 6.54 Å². The number of nitrogens with zero attached hydrogens (tertiary/aromatic N) is 1. The van der Waals surface area contributed by atoms with Gasteiger partial charge in [-0.25, -0.2) is 4.99 Å². The van der Waals surface area contributed by atoms with Gasteiger partial charge in [-0.3, -0.25) is 0 Å². The molecule has 88 valence electrons. The minimum atomic E-state index is 0.719. The maximum absolute atomic E-state index is 4.51. The highest BCUT2D eigenvalue weighted by molar-refractivity contribution is 5.79. The minimum Gasteiger partial charge on any atom is -0.357 e. The summed E-state index contributed by atoms with van der Waals surface area (Å²) < 4.78 is 0. The van der Waals surface area contributed by atoms with Crippen LogP contribution in [0.1, 0.15) is 25.0 Å². The van der Waals surface area contributed by atoms with E-state index in [-0.39, 0.29) is 0 Å². The van der Waals surface area contributed by atoms with Crippen LogP contribution in [0.25, 0.3) is 0 Å². The first-order valence-electron chi connectivity index (χ1n) is 5.84. The summed E-state index contributed by atoms with van der Waals surface area (Å²) >= 11 is 0. The van der Waals surface area contributed by atoms with Crippen molar-refractivity contribution in [3.8, 4) is 0 Å². The van der Waals surface area contributed by atoms with Gasteiger partial charge in [0.05, 0.1) is 6.54 Å². The number of rotatable bonds is 4. The molecule has 16 heavy (non-hydrogen) atoms. The van der Waals surface area contributed by atoms with Crippen molar-refractivity contribution in [3.63, 3.8) is 0 Å². The van der Waals surface area contributed by atoms with Crippen molar-refractivity contribution < 1.29 is 0 Å². The van der Waals surface area contributed by atoms with Crippen LogP contribution in [0.4, 0.5) is 0 Å². The summed E-state index contributed by atoms with van der Waals surface area (Å²) in [4.78, 5) is 4.51. The average molecular weight is 219 g/mol. The van der Waals surface area contributed by atoms with E-state index >= 15 is 0 Å². The Balaban J connectivity index is 2.61. The summed E-state index contributed by atoms with van der Waals surface area (Å²) in [5.74, 6) is 0.881. The van der Waals surface area contributed by atoms with Crippen LogP contribution in [0.5, 0.6) is 0 Å². The maximum atomic E-state index is 4.51. The van der Waals surface area contributed by atoms with Crippen molar-refractivity contribution in [1.29, 1.82) is 0 Å². The summed E-state index contributed by atoms with van der Waals surface area (Å²) in [7, 11) is 0. The molecule has 0 aromatic heterocycles. The molecule has 0 amide bonds. The Morgan fingerprint density at radius 3 is 2.44 bits per heavy atom. The van der Waals surface area contributed by atoms with E-state index in [4.69, 9.17) is 0 Å². The van der Waals surface area contributed by atoms with Gasteiger partial charge in [0.15, 0.2) is 5.96 Å². The van der Waals surface area contributed by atoms with Gasteiger partial charge in [-0.05, 0) is 26.3 Å². The van der Waals surface area contributed by atoms with Crippen molar-refractivity contribution in [2.75, 3.05) is 13.1 Å². The number of guanidine groups is 1. The topological polar surface area (TPSA) is 36.4 Å². The van der Waals surface area contributed by atoms with Gasteiger partial charge >= 0.3 is 0 Å².